The monoisotopic (exact) mass is 318 g/mol. The van der Waals surface area contributed by atoms with Crippen LogP contribution < -0.4 is 4.90 Å². The van der Waals surface area contributed by atoms with Gasteiger partial charge in [-0.1, -0.05) is 29.8 Å². The van der Waals surface area contributed by atoms with Crippen LogP contribution in [0.5, 0.6) is 0 Å². The SMILES string of the molecule is Clc1ccc(N2CCN(CSc3ccccc3)CC2)cc1. The van der Waals surface area contributed by atoms with Gasteiger partial charge in [-0.25, -0.2) is 0 Å². The van der Waals surface area contributed by atoms with Crippen LogP contribution in [0.1, 0.15) is 0 Å². The minimum atomic E-state index is 0.802. The van der Waals surface area contributed by atoms with E-state index in [1.54, 1.807) is 0 Å². The van der Waals surface area contributed by atoms with Crippen LogP contribution in [0.4, 0.5) is 5.69 Å². The summed E-state index contributed by atoms with van der Waals surface area (Å²) in [5, 5.41) is 0.802. The zero-order chi connectivity index (χ0) is 14.5. The first-order valence-corrected chi connectivity index (χ1v) is 8.58. The Hall–Kier alpha value is -1.16. The predicted octanol–water partition coefficient (Wildman–Crippen LogP) is 4.21. The fourth-order valence-electron chi connectivity index (χ4n) is 2.47. The topological polar surface area (TPSA) is 6.48 Å². The molecule has 1 heterocycles. The van der Waals surface area contributed by atoms with Gasteiger partial charge >= 0.3 is 0 Å². The number of halogens is 1. The van der Waals surface area contributed by atoms with E-state index in [1.807, 2.05) is 23.9 Å². The van der Waals surface area contributed by atoms with E-state index in [1.165, 1.54) is 10.6 Å². The van der Waals surface area contributed by atoms with E-state index >= 15 is 0 Å². The standard InChI is InChI=1S/C17H19ClN2S/c18-15-6-8-16(9-7-15)20-12-10-19(11-13-20)14-21-17-4-2-1-3-5-17/h1-9H,10-14H2. The summed E-state index contributed by atoms with van der Waals surface area (Å²) < 4.78 is 0. The molecule has 0 aliphatic carbocycles. The highest BCUT2D eigenvalue weighted by molar-refractivity contribution is 7.99. The van der Waals surface area contributed by atoms with Gasteiger partial charge in [-0.05, 0) is 36.4 Å². The Morgan fingerprint density at radius 1 is 0.857 bits per heavy atom. The van der Waals surface area contributed by atoms with E-state index in [0.29, 0.717) is 0 Å². The lowest BCUT2D eigenvalue weighted by atomic mass is 10.2. The Balaban J connectivity index is 1.48. The number of thioether (sulfide) groups is 1. The summed E-state index contributed by atoms with van der Waals surface area (Å²) in [6.07, 6.45) is 0. The average Bonchev–Trinajstić information content (AvgIpc) is 2.55. The van der Waals surface area contributed by atoms with Crippen LogP contribution in [0, 0.1) is 0 Å². The second-order valence-corrected chi connectivity index (χ2v) is 6.62. The van der Waals surface area contributed by atoms with Gasteiger partial charge in [0.05, 0.1) is 0 Å². The molecule has 2 nitrogen and oxygen atoms in total. The molecule has 0 atom stereocenters. The molecule has 2 aromatic carbocycles. The summed E-state index contributed by atoms with van der Waals surface area (Å²) in [6, 6.07) is 18.8. The molecule has 1 aliphatic rings. The maximum absolute atomic E-state index is 5.94. The number of piperazine rings is 1. The summed E-state index contributed by atoms with van der Waals surface area (Å²) in [5.41, 5.74) is 1.27. The lowest BCUT2D eigenvalue weighted by molar-refractivity contribution is 0.301. The van der Waals surface area contributed by atoms with E-state index in [-0.39, 0.29) is 0 Å². The van der Waals surface area contributed by atoms with Crippen molar-refractivity contribution in [2.24, 2.45) is 0 Å². The molecule has 0 spiro atoms. The lowest BCUT2D eigenvalue weighted by Gasteiger charge is -2.35. The molecule has 4 heteroatoms. The molecule has 0 saturated carbocycles. The minimum absolute atomic E-state index is 0.802. The molecule has 0 unspecified atom stereocenters. The number of nitrogens with zero attached hydrogens (tertiary/aromatic N) is 2. The number of benzene rings is 2. The fourth-order valence-corrected chi connectivity index (χ4v) is 3.54. The molecule has 1 saturated heterocycles. The van der Waals surface area contributed by atoms with Crippen LogP contribution in [0.25, 0.3) is 0 Å². The molecule has 2 aromatic rings. The lowest BCUT2D eigenvalue weighted by Crippen LogP contribution is -2.46. The molecule has 0 bridgehead atoms. The Bertz CT molecular complexity index is 551. The Morgan fingerprint density at radius 2 is 1.52 bits per heavy atom. The van der Waals surface area contributed by atoms with Gasteiger partial charge in [0.15, 0.2) is 0 Å². The second-order valence-electron chi connectivity index (χ2n) is 5.17. The fraction of sp³-hybridized carbons (Fsp3) is 0.294. The summed E-state index contributed by atoms with van der Waals surface area (Å²) in [6.45, 7) is 4.39. The van der Waals surface area contributed by atoms with Gasteiger partial charge in [-0.15, -0.1) is 11.8 Å². The first-order chi connectivity index (χ1) is 10.3. The molecule has 0 radical (unpaired) electrons. The van der Waals surface area contributed by atoms with Gasteiger partial charge in [-0.2, -0.15) is 0 Å². The van der Waals surface area contributed by atoms with E-state index in [2.05, 4.69) is 52.3 Å². The highest BCUT2D eigenvalue weighted by Gasteiger charge is 2.16. The molecule has 1 aliphatic heterocycles. The zero-order valence-corrected chi connectivity index (χ0v) is 13.5. The largest absolute Gasteiger partial charge is 0.369 e. The van der Waals surface area contributed by atoms with Gasteiger partial charge in [0, 0.05) is 47.7 Å². The smallest absolute Gasteiger partial charge is 0.0493 e. The summed E-state index contributed by atoms with van der Waals surface area (Å²) in [7, 11) is 0. The van der Waals surface area contributed by atoms with E-state index in [4.69, 9.17) is 11.6 Å². The third kappa shape index (κ3) is 4.16. The maximum atomic E-state index is 5.94. The van der Waals surface area contributed by atoms with Crippen LogP contribution >= 0.6 is 23.4 Å². The van der Waals surface area contributed by atoms with Crippen molar-refractivity contribution in [3.05, 3.63) is 59.6 Å². The van der Waals surface area contributed by atoms with Crippen LogP contribution in [0.15, 0.2) is 59.5 Å². The molecule has 0 N–H and O–H groups in total. The first-order valence-electron chi connectivity index (χ1n) is 7.22. The normalized spacial score (nSPS) is 16.1. The van der Waals surface area contributed by atoms with Crippen molar-refractivity contribution in [3.8, 4) is 0 Å². The van der Waals surface area contributed by atoms with Crippen LogP contribution in [0.3, 0.4) is 0 Å². The highest BCUT2D eigenvalue weighted by Crippen LogP contribution is 2.22. The van der Waals surface area contributed by atoms with Crippen molar-refractivity contribution in [1.29, 1.82) is 0 Å². The number of hydrogen-bond acceptors (Lipinski definition) is 3. The van der Waals surface area contributed by atoms with Crippen molar-refractivity contribution in [2.75, 3.05) is 37.0 Å². The van der Waals surface area contributed by atoms with Crippen LogP contribution in [-0.4, -0.2) is 37.0 Å². The molecule has 0 aromatic heterocycles. The van der Waals surface area contributed by atoms with E-state index in [9.17, 15) is 0 Å². The molecule has 110 valence electrons. The van der Waals surface area contributed by atoms with Crippen molar-refractivity contribution >= 4 is 29.1 Å². The van der Waals surface area contributed by atoms with Gasteiger partial charge in [0.25, 0.3) is 0 Å². The van der Waals surface area contributed by atoms with Gasteiger partial charge < -0.3 is 4.90 Å². The molecular formula is C17H19ClN2S. The van der Waals surface area contributed by atoms with Crippen molar-refractivity contribution in [1.82, 2.24) is 4.90 Å². The summed E-state index contributed by atoms with van der Waals surface area (Å²) in [4.78, 5) is 6.29. The van der Waals surface area contributed by atoms with Crippen molar-refractivity contribution in [3.63, 3.8) is 0 Å². The molecule has 21 heavy (non-hydrogen) atoms. The Kier molecular flexibility index (Phi) is 5.07. The average molecular weight is 319 g/mol. The molecule has 0 amide bonds. The minimum Gasteiger partial charge on any atom is -0.369 e. The quantitative estimate of drug-likeness (QED) is 0.780. The van der Waals surface area contributed by atoms with Gasteiger partial charge in [0.1, 0.15) is 0 Å². The molecular weight excluding hydrogens is 300 g/mol. The van der Waals surface area contributed by atoms with Crippen molar-refractivity contribution in [2.45, 2.75) is 4.90 Å². The number of anilines is 1. The maximum Gasteiger partial charge on any atom is 0.0493 e. The zero-order valence-electron chi connectivity index (χ0n) is 11.9. The molecule has 3 rings (SSSR count). The Morgan fingerprint density at radius 3 is 2.19 bits per heavy atom. The van der Waals surface area contributed by atoms with Gasteiger partial charge in [0.2, 0.25) is 0 Å². The number of hydrogen-bond donors (Lipinski definition) is 0. The van der Waals surface area contributed by atoms with Gasteiger partial charge in [-0.3, -0.25) is 4.90 Å². The second kappa shape index (κ2) is 7.21. The van der Waals surface area contributed by atoms with Crippen LogP contribution in [-0.2, 0) is 0 Å². The summed E-state index contributed by atoms with van der Waals surface area (Å²) >= 11 is 7.86. The number of rotatable bonds is 4. The van der Waals surface area contributed by atoms with E-state index in [0.717, 1.165) is 37.1 Å². The summed E-state index contributed by atoms with van der Waals surface area (Å²) in [5.74, 6) is 1.07. The molecule has 1 fully saturated rings. The van der Waals surface area contributed by atoms with Crippen molar-refractivity contribution < 1.29 is 0 Å². The predicted molar refractivity (Wildman–Crippen MR) is 92.4 cm³/mol. The third-order valence-corrected chi connectivity index (χ3v) is 5.07. The van der Waals surface area contributed by atoms with E-state index < -0.39 is 0 Å². The Labute approximate surface area is 135 Å². The first kappa shape index (κ1) is 14.8. The highest BCUT2D eigenvalue weighted by atomic mass is 35.5. The van der Waals surface area contributed by atoms with Crippen LogP contribution in [0.2, 0.25) is 5.02 Å². The third-order valence-electron chi connectivity index (χ3n) is 3.72.